The summed E-state index contributed by atoms with van der Waals surface area (Å²) >= 11 is 0. The van der Waals surface area contributed by atoms with Crippen LogP contribution in [0.4, 0.5) is 0 Å². The highest BCUT2D eigenvalue weighted by molar-refractivity contribution is 5.38. The summed E-state index contributed by atoms with van der Waals surface area (Å²) in [4.78, 5) is 0. The van der Waals surface area contributed by atoms with Gasteiger partial charge in [-0.1, -0.05) is 26.8 Å². The lowest BCUT2D eigenvalue weighted by Gasteiger charge is -2.34. The quantitative estimate of drug-likeness (QED) is 0.889. The van der Waals surface area contributed by atoms with Crippen LogP contribution < -0.4 is 10.5 Å². The van der Waals surface area contributed by atoms with Gasteiger partial charge in [0.1, 0.15) is 11.9 Å². The van der Waals surface area contributed by atoms with Crippen molar-refractivity contribution >= 4 is 0 Å². The van der Waals surface area contributed by atoms with E-state index in [9.17, 15) is 0 Å². The lowest BCUT2D eigenvalue weighted by Crippen LogP contribution is -2.45. The Morgan fingerprint density at radius 2 is 1.83 bits per heavy atom. The number of ether oxygens (including phenoxy) is 1. The van der Waals surface area contributed by atoms with Gasteiger partial charge in [0.05, 0.1) is 0 Å². The second-order valence-corrected chi connectivity index (χ2v) is 6.55. The van der Waals surface area contributed by atoms with E-state index >= 15 is 0 Å². The summed E-state index contributed by atoms with van der Waals surface area (Å²) in [6.45, 7) is 8.54. The summed E-state index contributed by atoms with van der Waals surface area (Å²) < 4.78 is 6.14. The second-order valence-electron chi connectivity index (χ2n) is 6.55. The minimum absolute atomic E-state index is 0.0262. The van der Waals surface area contributed by atoms with Crippen LogP contribution in [0.3, 0.4) is 0 Å². The standard InChI is InChI=1S/C16H25NO/c1-11(17)15(16(2,3)4)18-14-9-8-12-6-5-7-13(12)10-14/h8-11,15H,5-7,17H2,1-4H3. The van der Waals surface area contributed by atoms with Crippen molar-refractivity contribution in [3.8, 4) is 5.75 Å². The third-order valence-electron chi connectivity index (χ3n) is 3.66. The monoisotopic (exact) mass is 247 g/mol. The van der Waals surface area contributed by atoms with Crippen LogP contribution >= 0.6 is 0 Å². The first-order valence-corrected chi connectivity index (χ1v) is 6.92. The fourth-order valence-electron chi connectivity index (χ4n) is 2.84. The highest BCUT2D eigenvalue weighted by Crippen LogP contribution is 2.30. The molecule has 2 unspecified atom stereocenters. The van der Waals surface area contributed by atoms with Gasteiger partial charge in [0.15, 0.2) is 0 Å². The number of nitrogens with two attached hydrogens (primary N) is 1. The third-order valence-corrected chi connectivity index (χ3v) is 3.66. The molecule has 0 saturated carbocycles. The summed E-state index contributed by atoms with van der Waals surface area (Å²) in [6, 6.07) is 6.52. The molecule has 1 aromatic rings. The Hall–Kier alpha value is -1.02. The van der Waals surface area contributed by atoms with Gasteiger partial charge in [-0.2, -0.15) is 0 Å². The van der Waals surface area contributed by atoms with Crippen molar-refractivity contribution in [1.29, 1.82) is 0 Å². The number of fused-ring (bicyclic) bond motifs is 1. The van der Waals surface area contributed by atoms with E-state index in [-0.39, 0.29) is 17.6 Å². The molecule has 2 heteroatoms. The maximum atomic E-state index is 6.14. The van der Waals surface area contributed by atoms with Crippen LogP contribution in [0.5, 0.6) is 5.75 Å². The lowest BCUT2D eigenvalue weighted by molar-refractivity contribution is 0.0683. The van der Waals surface area contributed by atoms with Gasteiger partial charge in [0.2, 0.25) is 0 Å². The fraction of sp³-hybridized carbons (Fsp3) is 0.625. The van der Waals surface area contributed by atoms with Gasteiger partial charge in [-0.05, 0) is 49.4 Å². The molecule has 2 atom stereocenters. The van der Waals surface area contributed by atoms with E-state index in [1.807, 2.05) is 6.92 Å². The minimum Gasteiger partial charge on any atom is -0.488 e. The first-order valence-electron chi connectivity index (χ1n) is 6.92. The number of aryl methyl sites for hydroxylation is 2. The molecular formula is C16H25NO. The predicted molar refractivity (Wildman–Crippen MR) is 76.0 cm³/mol. The predicted octanol–water partition coefficient (Wildman–Crippen LogP) is 3.32. The molecule has 0 aliphatic heterocycles. The Labute approximate surface area is 111 Å². The number of hydrogen-bond acceptors (Lipinski definition) is 2. The first kappa shape index (κ1) is 13.4. The van der Waals surface area contributed by atoms with Crippen molar-refractivity contribution in [1.82, 2.24) is 0 Å². The third kappa shape index (κ3) is 2.86. The first-order chi connectivity index (χ1) is 8.38. The number of benzene rings is 1. The molecule has 0 heterocycles. The average Bonchev–Trinajstić information content (AvgIpc) is 2.70. The van der Waals surface area contributed by atoms with Crippen LogP contribution in [0.25, 0.3) is 0 Å². The summed E-state index contributed by atoms with van der Waals surface area (Å²) in [5.74, 6) is 0.966. The lowest BCUT2D eigenvalue weighted by atomic mass is 9.85. The Morgan fingerprint density at radius 3 is 2.44 bits per heavy atom. The average molecular weight is 247 g/mol. The second kappa shape index (κ2) is 4.93. The van der Waals surface area contributed by atoms with Crippen molar-refractivity contribution in [3.05, 3.63) is 29.3 Å². The normalized spacial score (nSPS) is 18.3. The molecule has 1 aliphatic rings. The largest absolute Gasteiger partial charge is 0.488 e. The zero-order valence-electron chi connectivity index (χ0n) is 12.0. The summed E-state index contributed by atoms with van der Waals surface area (Å²) in [7, 11) is 0. The van der Waals surface area contributed by atoms with Crippen molar-refractivity contribution in [2.45, 2.75) is 59.1 Å². The van der Waals surface area contributed by atoms with E-state index in [0.29, 0.717) is 0 Å². The zero-order chi connectivity index (χ0) is 13.3. The molecule has 1 aliphatic carbocycles. The topological polar surface area (TPSA) is 35.2 Å². The molecule has 0 fully saturated rings. The highest BCUT2D eigenvalue weighted by atomic mass is 16.5. The van der Waals surface area contributed by atoms with Gasteiger partial charge in [-0.15, -0.1) is 0 Å². The molecule has 0 aromatic heterocycles. The van der Waals surface area contributed by atoms with Gasteiger partial charge in [0, 0.05) is 11.5 Å². The Bertz CT molecular complexity index is 418. The van der Waals surface area contributed by atoms with Crippen molar-refractivity contribution in [3.63, 3.8) is 0 Å². The highest BCUT2D eigenvalue weighted by Gasteiger charge is 2.30. The Balaban J connectivity index is 2.17. The molecule has 2 N–H and O–H groups in total. The van der Waals surface area contributed by atoms with Crippen LogP contribution in [0.15, 0.2) is 18.2 Å². The maximum Gasteiger partial charge on any atom is 0.120 e. The van der Waals surface area contributed by atoms with Crippen LogP contribution in [0.1, 0.15) is 45.2 Å². The van der Waals surface area contributed by atoms with E-state index in [0.717, 1.165) is 5.75 Å². The maximum absolute atomic E-state index is 6.14. The summed E-state index contributed by atoms with van der Waals surface area (Å²) in [6.07, 6.45) is 3.71. The van der Waals surface area contributed by atoms with Crippen molar-refractivity contribution in [2.75, 3.05) is 0 Å². The van der Waals surface area contributed by atoms with Crippen LogP contribution in [0.2, 0.25) is 0 Å². The molecule has 0 amide bonds. The van der Waals surface area contributed by atoms with Gasteiger partial charge in [-0.25, -0.2) is 0 Å². The summed E-state index contributed by atoms with van der Waals surface area (Å²) in [5.41, 5.74) is 9.04. The minimum atomic E-state index is 0.0262. The van der Waals surface area contributed by atoms with Gasteiger partial charge in [0.25, 0.3) is 0 Å². The van der Waals surface area contributed by atoms with E-state index < -0.39 is 0 Å². The molecule has 0 spiro atoms. The molecule has 100 valence electrons. The smallest absolute Gasteiger partial charge is 0.120 e. The SMILES string of the molecule is CC(N)C(Oc1ccc2c(c1)CCC2)C(C)(C)C. The van der Waals surface area contributed by atoms with Crippen molar-refractivity contribution in [2.24, 2.45) is 11.1 Å². The molecule has 2 rings (SSSR count). The van der Waals surface area contributed by atoms with Crippen molar-refractivity contribution < 1.29 is 4.74 Å². The van der Waals surface area contributed by atoms with E-state index in [1.165, 1.54) is 30.4 Å². The fourth-order valence-corrected chi connectivity index (χ4v) is 2.84. The van der Waals surface area contributed by atoms with Gasteiger partial charge >= 0.3 is 0 Å². The van der Waals surface area contributed by atoms with Crippen LogP contribution in [-0.2, 0) is 12.8 Å². The van der Waals surface area contributed by atoms with Gasteiger partial charge < -0.3 is 10.5 Å². The molecule has 2 nitrogen and oxygen atoms in total. The van der Waals surface area contributed by atoms with E-state index in [2.05, 4.69) is 39.0 Å². The van der Waals surface area contributed by atoms with Gasteiger partial charge in [-0.3, -0.25) is 0 Å². The summed E-state index contributed by atoms with van der Waals surface area (Å²) in [5, 5.41) is 0. The Kier molecular flexibility index (Phi) is 3.67. The molecule has 0 radical (unpaired) electrons. The Morgan fingerprint density at radius 1 is 1.17 bits per heavy atom. The molecule has 0 saturated heterocycles. The molecule has 0 bridgehead atoms. The van der Waals surface area contributed by atoms with Crippen LogP contribution in [0, 0.1) is 5.41 Å². The van der Waals surface area contributed by atoms with Crippen LogP contribution in [-0.4, -0.2) is 12.1 Å². The molecule has 18 heavy (non-hydrogen) atoms. The zero-order valence-corrected chi connectivity index (χ0v) is 12.0. The van der Waals surface area contributed by atoms with E-state index in [1.54, 1.807) is 0 Å². The number of hydrogen-bond donors (Lipinski definition) is 1. The molecule has 1 aromatic carbocycles. The van der Waals surface area contributed by atoms with E-state index in [4.69, 9.17) is 10.5 Å². The molecular weight excluding hydrogens is 222 g/mol. The number of rotatable bonds is 3.